The van der Waals surface area contributed by atoms with Gasteiger partial charge >= 0.3 is 6.18 Å². The molecule has 1 aliphatic rings. The highest BCUT2D eigenvalue weighted by atomic mass is 35.5. The van der Waals surface area contributed by atoms with Crippen LogP contribution >= 0.6 is 11.6 Å². The minimum absolute atomic E-state index is 0.0561. The van der Waals surface area contributed by atoms with Crippen molar-refractivity contribution in [3.63, 3.8) is 0 Å². The Kier molecular flexibility index (Phi) is 4.36. The van der Waals surface area contributed by atoms with Gasteiger partial charge in [0.15, 0.2) is 0 Å². The average Bonchev–Trinajstić information content (AvgIpc) is 2.53. The van der Waals surface area contributed by atoms with Crippen molar-refractivity contribution in [2.45, 2.75) is 19.1 Å². The largest absolute Gasteiger partial charge is 0.489 e. The number of fused-ring (bicyclic) bond motifs is 1. The van der Waals surface area contributed by atoms with E-state index in [1.54, 1.807) is 19.1 Å². The molecule has 0 saturated heterocycles. The van der Waals surface area contributed by atoms with E-state index >= 15 is 0 Å². The Morgan fingerprint density at radius 3 is 2.67 bits per heavy atom. The molecule has 3 N–H and O–H groups in total. The highest BCUT2D eigenvalue weighted by Crippen LogP contribution is 2.45. The highest BCUT2D eigenvalue weighted by molar-refractivity contribution is 6.31. The van der Waals surface area contributed by atoms with Crippen molar-refractivity contribution in [2.75, 3.05) is 18.5 Å². The summed E-state index contributed by atoms with van der Waals surface area (Å²) in [6.07, 6.45) is -4.47. The normalized spacial score (nSPS) is 17.0. The number of benzene rings is 2. The van der Waals surface area contributed by atoms with E-state index in [-0.39, 0.29) is 11.6 Å². The molecule has 0 fully saturated rings. The molecule has 2 aromatic carbocycles. The van der Waals surface area contributed by atoms with E-state index in [1.165, 1.54) is 12.1 Å². The maximum absolute atomic E-state index is 13.5. The predicted octanol–water partition coefficient (Wildman–Crippen LogP) is 4.47. The number of nitrogens with one attached hydrogen (secondary N) is 1. The SMILES string of the molecule is Cc1ccc(-c2cc(Cl)cc3c2NC(CN)CO3)c(C(F)(F)F)c1. The topological polar surface area (TPSA) is 47.3 Å². The fourth-order valence-electron chi connectivity index (χ4n) is 2.75. The zero-order valence-corrected chi connectivity index (χ0v) is 13.6. The molecule has 7 heteroatoms. The van der Waals surface area contributed by atoms with Gasteiger partial charge in [-0.05, 0) is 24.6 Å². The van der Waals surface area contributed by atoms with Crippen molar-refractivity contribution < 1.29 is 17.9 Å². The van der Waals surface area contributed by atoms with Crippen molar-refractivity contribution in [1.29, 1.82) is 0 Å². The van der Waals surface area contributed by atoms with Crippen molar-refractivity contribution >= 4 is 17.3 Å². The van der Waals surface area contributed by atoms with Gasteiger partial charge in [-0.1, -0.05) is 29.3 Å². The van der Waals surface area contributed by atoms with Gasteiger partial charge in [-0.25, -0.2) is 0 Å². The Morgan fingerprint density at radius 1 is 1.25 bits per heavy atom. The summed E-state index contributed by atoms with van der Waals surface area (Å²) >= 11 is 6.09. The van der Waals surface area contributed by atoms with Crippen LogP contribution in [0.1, 0.15) is 11.1 Å². The molecule has 0 amide bonds. The van der Waals surface area contributed by atoms with Gasteiger partial charge < -0.3 is 15.8 Å². The van der Waals surface area contributed by atoms with Crippen LogP contribution in [-0.2, 0) is 6.18 Å². The number of rotatable bonds is 2. The molecule has 0 spiro atoms. The number of ether oxygens (including phenoxy) is 1. The van der Waals surface area contributed by atoms with Crippen molar-refractivity contribution in [1.82, 2.24) is 0 Å². The molecule has 128 valence electrons. The molecule has 2 aromatic rings. The van der Waals surface area contributed by atoms with E-state index < -0.39 is 11.7 Å². The summed E-state index contributed by atoms with van der Waals surface area (Å²) in [5, 5.41) is 3.47. The summed E-state index contributed by atoms with van der Waals surface area (Å²) in [6.45, 7) is 2.27. The molecular formula is C17H16ClF3N2O. The Labute approximate surface area is 142 Å². The zero-order valence-electron chi connectivity index (χ0n) is 12.9. The second-order valence-electron chi connectivity index (χ2n) is 5.76. The summed E-state index contributed by atoms with van der Waals surface area (Å²) in [7, 11) is 0. The third-order valence-corrected chi connectivity index (χ3v) is 4.13. The second kappa shape index (κ2) is 6.18. The van der Waals surface area contributed by atoms with Crippen LogP contribution in [0.2, 0.25) is 5.02 Å². The summed E-state index contributed by atoms with van der Waals surface area (Å²) < 4.78 is 46.1. The van der Waals surface area contributed by atoms with Crippen LogP contribution in [0, 0.1) is 6.92 Å². The average molecular weight is 357 g/mol. The monoisotopic (exact) mass is 356 g/mol. The van der Waals surface area contributed by atoms with Crippen molar-refractivity contribution in [2.24, 2.45) is 5.73 Å². The molecule has 0 radical (unpaired) electrons. The third kappa shape index (κ3) is 3.16. The molecule has 0 aliphatic carbocycles. The van der Waals surface area contributed by atoms with Crippen molar-refractivity contribution in [3.8, 4) is 16.9 Å². The Balaban J connectivity index is 2.23. The van der Waals surface area contributed by atoms with Crippen LogP contribution in [0.3, 0.4) is 0 Å². The second-order valence-corrected chi connectivity index (χ2v) is 6.20. The van der Waals surface area contributed by atoms with E-state index in [2.05, 4.69) is 5.32 Å². The Morgan fingerprint density at radius 2 is 2.00 bits per heavy atom. The molecule has 1 atom stereocenters. The molecule has 3 nitrogen and oxygen atoms in total. The molecule has 1 unspecified atom stereocenters. The molecule has 3 rings (SSSR count). The number of aryl methyl sites for hydroxylation is 1. The molecule has 1 heterocycles. The maximum Gasteiger partial charge on any atom is 0.417 e. The van der Waals surface area contributed by atoms with Gasteiger partial charge in [0.05, 0.1) is 17.3 Å². The van der Waals surface area contributed by atoms with Crippen LogP contribution in [-0.4, -0.2) is 19.2 Å². The lowest BCUT2D eigenvalue weighted by molar-refractivity contribution is -0.137. The Hall–Kier alpha value is -1.92. The first kappa shape index (κ1) is 16.9. The predicted molar refractivity (Wildman–Crippen MR) is 88.6 cm³/mol. The smallest absolute Gasteiger partial charge is 0.417 e. The van der Waals surface area contributed by atoms with E-state index in [9.17, 15) is 13.2 Å². The number of nitrogens with two attached hydrogens (primary N) is 1. The van der Waals surface area contributed by atoms with Gasteiger partial charge in [0.2, 0.25) is 0 Å². The minimum atomic E-state index is -4.47. The molecule has 0 aromatic heterocycles. The van der Waals surface area contributed by atoms with Gasteiger partial charge in [-0.3, -0.25) is 0 Å². The molecule has 0 bridgehead atoms. The van der Waals surface area contributed by atoms with E-state index in [4.69, 9.17) is 22.1 Å². The lowest BCUT2D eigenvalue weighted by Crippen LogP contribution is -2.37. The van der Waals surface area contributed by atoms with Gasteiger partial charge in [0.25, 0.3) is 0 Å². The summed E-state index contributed by atoms with van der Waals surface area (Å²) in [5.74, 6) is 0.427. The standard InChI is InChI=1S/C17H16ClF3N2O/c1-9-2-3-12(14(4-9)17(19,20)21)13-5-10(18)6-15-16(13)23-11(7-22)8-24-15/h2-6,11,23H,7-8,22H2,1H3. The van der Waals surface area contributed by atoms with Gasteiger partial charge in [0.1, 0.15) is 12.4 Å². The Bertz CT molecular complexity index is 777. The molecule has 1 aliphatic heterocycles. The molecule has 24 heavy (non-hydrogen) atoms. The maximum atomic E-state index is 13.5. The highest BCUT2D eigenvalue weighted by Gasteiger charge is 2.35. The van der Waals surface area contributed by atoms with Crippen LogP contribution in [0.25, 0.3) is 11.1 Å². The van der Waals surface area contributed by atoms with Gasteiger partial charge in [0, 0.05) is 23.2 Å². The third-order valence-electron chi connectivity index (χ3n) is 3.91. The van der Waals surface area contributed by atoms with Crippen LogP contribution in [0.5, 0.6) is 5.75 Å². The first-order valence-corrected chi connectivity index (χ1v) is 7.78. The fraction of sp³-hybridized carbons (Fsp3) is 0.294. The number of anilines is 1. The number of halogens is 4. The minimum Gasteiger partial charge on any atom is -0.489 e. The summed E-state index contributed by atoms with van der Waals surface area (Å²) in [6, 6.07) is 7.15. The van der Waals surface area contributed by atoms with Crippen LogP contribution in [0.15, 0.2) is 30.3 Å². The summed E-state index contributed by atoms with van der Waals surface area (Å²) in [4.78, 5) is 0. The van der Waals surface area contributed by atoms with E-state index in [1.807, 2.05) is 0 Å². The summed E-state index contributed by atoms with van der Waals surface area (Å²) in [5.41, 5.74) is 6.37. The molecule has 0 saturated carbocycles. The van der Waals surface area contributed by atoms with Gasteiger partial charge in [-0.2, -0.15) is 13.2 Å². The van der Waals surface area contributed by atoms with Crippen LogP contribution in [0.4, 0.5) is 18.9 Å². The van der Waals surface area contributed by atoms with E-state index in [0.717, 1.165) is 6.07 Å². The fourth-order valence-corrected chi connectivity index (χ4v) is 2.96. The number of hydrogen-bond donors (Lipinski definition) is 2. The molecular weight excluding hydrogens is 341 g/mol. The number of hydrogen-bond acceptors (Lipinski definition) is 3. The first-order chi connectivity index (χ1) is 11.3. The van der Waals surface area contributed by atoms with Crippen LogP contribution < -0.4 is 15.8 Å². The van der Waals surface area contributed by atoms with Gasteiger partial charge in [-0.15, -0.1) is 0 Å². The van der Waals surface area contributed by atoms with E-state index in [0.29, 0.717) is 40.7 Å². The number of alkyl halides is 3. The first-order valence-electron chi connectivity index (χ1n) is 7.40. The quantitative estimate of drug-likeness (QED) is 0.834. The lowest BCUT2D eigenvalue weighted by Gasteiger charge is -2.29. The zero-order chi connectivity index (χ0) is 17.5. The lowest BCUT2D eigenvalue weighted by atomic mass is 9.95. The van der Waals surface area contributed by atoms with Crippen molar-refractivity contribution in [3.05, 3.63) is 46.5 Å².